The lowest BCUT2D eigenvalue weighted by Gasteiger charge is -2.33. The zero-order valence-electron chi connectivity index (χ0n) is 15.9. The molecule has 0 amide bonds. The average Bonchev–Trinajstić information content (AvgIpc) is 2.78. The van der Waals surface area contributed by atoms with Crippen LogP contribution in [-0.2, 0) is 27.8 Å². The maximum absolute atomic E-state index is 13.2. The van der Waals surface area contributed by atoms with Crippen molar-refractivity contribution in [3.8, 4) is 0 Å². The zero-order chi connectivity index (χ0) is 21.3. The van der Waals surface area contributed by atoms with Crippen LogP contribution in [0.3, 0.4) is 0 Å². The molecule has 6 nitrogen and oxygen atoms in total. The largest absolute Gasteiger partial charge is 0.480 e. The lowest BCUT2D eigenvalue weighted by atomic mass is 9.96. The van der Waals surface area contributed by atoms with Gasteiger partial charge in [-0.15, -0.1) is 0 Å². The van der Waals surface area contributed by atoms with E-state index in [9.17, 15) is 23.1 Å². The van der Waals surface area contributed by atoms with E-state index in [1.54, 1.807) is 36.4 Å². The minimum absolute atomic E-state index is 0.0137. The number of rotatable bonds is 5. The summed E-state index contributed by atoms with van der Waals surface area (Å²) in [6.45, 7) is -0.0137. The van der Waals surface area contributed by atoms with Gasteiger partial charge < -0.3 is 5.11 Å². The van der Waals surface area contributed by atoms with E-state index in [1.165, 1.54) is 24.3 Å². The summed E-state index contributed by atoms with van der Waals surface area (Å²) in [7, 11) is -4.06. The fourth-order valence-electron chi connectivity index (χ4n) is 3.63. The van der Waals surface area contributed by atoms with Crippen molar-refractivity contribution in [2.75, 3.05) is 0 Å². The molecule has 1 atom stereocenters. The summed E-state index contributed by atoms with van der Waals surface area (Å²) in [5.74, 6) is -1.40. The topological polar surface area (TPSA) is 91.8 Å². The Kier molecular flexibility index (Phi) is 5.24. The van der Waals surface area contributed by atoms with Gasteiger partial charge in [0.25, 0.3) is 0 Å². The molecule has 3 aromatic rings. The first-order valence-electron chi connectivity index (χ1n) is 9.39. The van der Waals surface area contributed by atoms with Crippen molar-refractivity contribution in [3.05, 3.63) is 101 Å². The summed E-state index contributed by atoms with van der Waals surface area (Å²) in [5.41, 5.74) is 2.49. The Hall–Kier alpha value is -3.29. The minimum Gasteiger partial charge on any atom is -0.480 e. The molecule has 1 heterocycles. The van der Waals surface area contributed by atoms with Crippen LogP contribution < -0.4 is 0 Å². The normalized spacial score (nSPS) is 16.6. The van der Waals surface area contributed by atoms with Crippen LogP contribution in [-0.4, -0.2) is 35.6 Å². The van der Waals surface area contributed by atoms with E-state index < -0.39 is 22.0 Å². The van der Waals surface area contributed by atoms with E-state index in [4.69, 9.17) is 0 Å². The smallest absolute Gasteiger partial charge is 0.322 e. The van der Waals surface area contributed by atoms with E-state index >= 15 is 0 Å². The van der Waals surface area contributed by atoms with Crippen molar-refractivity contribution in [1.29, 1.82) is 0 Å². The van der Waals surface area contributed by atoms with Crippen LogP contribution in [0.25, 0.3) is 0 Å². The zero-order valence-corrected chi connectivity index (χ0v) is 16.7. The number of aliphatic carboxylic acids is 1. The predicted molar refractivity (Wildman–Crippen MR) is 111 cm³/mol. The van der Waals surface area contributed by atoms with Gasteiger partial charge in [-0.3, -0.25) is 9.59 Å². The van der Waals surface area contributed by atoms with Crippen LogP contribution in [0.1, 0.15) is 27.0 Å². The van der Waals surface area contributed by atoms with Crippen molar-refractivity contribution in [2.45, 2.75) is 23.9 Å². The van der Waals surface area contributed by atoms with Crippen LogP contribution >= 0.6 is 0 Å². The van der Waals surface area contributed by atoms with Crippen LogP contribution in [0.5, 0.6) is 0 Å². The Bertz CT molecular complexity index is 1200. The van der Waals surface area contributed by atoms with E-state index in [-0.39, 0.29) is 23.6 Å². The monoisotopic (exact) mass is 421 g/mol. The number of hydrogen-bond acceptors (Lipinski definition) is 4. The maximum Gasteiger partial charge on any atom is 0.322 e. The number of fused-ring (bicyclic) bond motifs is 1. The lowest BCUT2D eigenvalue weighted by Crippen LogP contribution is -2.48. The Labute approximate surface area is 174 Å². The molecular weight excluding hydrogens is 402 g/mol. The van der Waals surface area contributed by atoms with E-state index in [1.807, 2.05) is 18.2 Å². The number of carbonyl (C=O) groups is 2. The number of carboxylic acids is 1. The van der Waals surface area contributed by atoms with Crippen LogP contribution in [0, 0.1) is 0 Å². The van der Waals surface area contributed by atoms with Crippen molar-refractivity contribution >= 4 is 21.8 Å². The van der Waals surface area contributed by atoms with E-state index in [0.29, 0.717) is 11.1 Å². The molecular formula is C23H19NO5S. The van der Waals surface area contributed by atoms with Gasteiger partial charge in [-0.1, -0.05) is 54.6 Å². The predicted octanol–water partition coefficient (Wildman–Crippen LogP) is 3.12. The molecule has 0 fully saturated rings. The molecule has 1 aliphatic rings. The third kappa shape index (κ3) is 3.65. The number of hydrogen-bond donors (Lipinski definition) is 1. The second-order valence-electron chi connectivity index (χ2n) is 7.10. The summed E-state index contributed by atoms with van der Waals surface area (Å²) >= 11 is 0. The number of sulfonamides is 1. The third-order valence-electron chi connectivity index (χ3n) is 5.25. The first kappa shape index (κ1) is 20.0. The highest BCUT2D eigenvalue weighted by Crippen LogP contribution is 2.29. The number of carbonyl (C=O) groups excluding carboxylic acids is 1. The molecule has 152 valence electrons. The Morgan fingerprint density at radius 1 is 0.800 bits per heavy atom. The molecule has 0 saturated carbocycles. The highest BCUT2D eigenvalue weighted by Gasteiger charge is 2.39. The van der Waals surface area contributed by atoms with Crippen LogP contribution in [0.15, 0.2) is 83.8 Å². The molecule has 0 radical (unpaired) electrons. The van der Waals surface area contributed by atoms with Crippen molar-refractivity contribution in [1.82, 2.24) is 4.31 Å². The van der Waals surface area contributed by atoms with Gasteiger partial charge in [0.1, 0.15) is 6.04 Å². The lowest BCUT2D eigenvalue weighted by molar-refractivity contribution is -0.141. The quantitative estimate of drug-likeness (QED) is 0.639. The first-order valence-corrected chi connectivity index (χ1v) is 10.8. The highest BCUT2D eigenvalue weighted by molar-refractivity contribution is 7.89. The molecule has 0 aliphatic carbocycles. The summed E-state index contributed by atoms with van der Waals surface area (Å²) in [6.07, 6.45) is 0.106. The molecule has 30 heavy (non-hydrogen) atoms. The van der Waals surface area contributed by atoms with Gasteiger partial charge >= 0.3 is 5.97 Å². The van der Waals surface area contributed by atoms with Gasteiger partial charge in [0, 0.05) is 24.1 Å². The Morgan fingerprint density at radius 2 is 1.37 bits per heavy atom. The summed E-state index contributed by atoms with van der Waals surface area (Å²) < 4.78 is 27.5. The van der Waals surface area contributed by atoms with Crippen LogP contribution in [0.2, 0.25) is 0 Å². The van der Waals surface area contributed by atoms with Crippen molar-refractivity contribution in [3.63, 3.8) is 0 Å². The Balaban J connectivity index is 1.66. The summed E-state index contributed by atoms with van der Waals surface area (Å²) in [6, 6.07) is 20.4. The Morgan fingerprint density at radius 3 is 2.00 bits per heavy atom. The number of carboxylic acid groups (broad SMARTS) is 1. The molecule has 0 saturated heterocycles. The average molecular weight is 421 g/mol. The molecule has 3 aromatic carbocycles. The summed E-state index contributed by atoms with van der Waals surface area (Å²) in [4.78, 5) is 24.3. The standard InChI is InChI=1S/C23H19NO5S/c25-22(16-6-2-1-3-7-16)17-10-12-20(13-11-17)30(28,29)24-15-19-9-5-4-8-18(19)14-21(24)23(26)27/h1-13,21H,14-15H2,(H,26,27)/t21-/m1/s1. The van der Waals surface area contributed by atoms with E-state index in [0.717, 1.165) is 15.4 Å². The van der Waals surface area contributed by atoms with Gasteiger partial charge in [-0.25, -0.2) is 8.42 Å². The molecule has 0 spiro atoms. The fourth-order valence-corrected chi connectivity index (χ4v) is 5.19. The molecule has 0 unspecified atom stereocenters. The molecule has 0 aromatic heterocycles. The highest BCUT2D eigenvalue weighted by atomic mass is 32.2. The first-order chi connectivity index (χ1) is 14.4. The van der Waals surface area contributed by atoms with Gasteiger partial charge in [0.05, 0.1) is 4.90 Å². The second-order valence-corrected chi connectivity index (χ2v) is 8.99. The molecule has 0 bridgehead atoms. The van der Waals surface area contributed by atoms with Gasteiger partial charge in [0.2, 0.25) is 10.0 Å². The second kappa shape index (κ2) is 7.85. The van der Waals surface area contributed by atoms with Gasteiger partial charge in [-0.05, 0) is 35.4 Å². The number of benzene rings is 3. The van der Waals surface area contributed by atoms with Gasteiger partial charge in [0.15, 0.2) is 5.78 Å². The van der Waals surface area contributed by atoms with Gasteiger partial charge in [-0.2, -0.15) is 4.31 Å². The molecule has 7 heteroatoms. The SMILES string of the molecule is O=C(c1ccccc1)c1ccc(S(=O)(=O)N2Cc3ccccc3C[C@@H]2C(=O)O)cc1. The van der Waals surface area contributed by atoms with Crippen molar-refractivity contribution in [2.24, 2.45) is 0 Å². The van der Waals surface area contributed by atoms with E-state index in [2.05, 4.69) is 0 Å². The third-order valence-corrected chi connectivity index (χ3v) is 7.12. The molecule has 1 N–H and O–H groups in total. The molecule has 1 aliphatic heterocycles. The number of ketones is 1. The number of nitrogens with zero attached hydrogens (tertiary/aromatic N) is 1. The summed E-state index contributed by atoms with van der Waals surface area (Å²) in [5, 5.41) is 9.64. The maximum atomic E-state index is 13.2. The minimum atomic E-state index is -4.06. The molecule has 4 rings (SSSR count). The van der Waals surface area contributed by atoms with Crippen molar-refractivity contribution < 1.29 is 23.1 Å². The van der Waals surface area contributed by atoms with Crippen LogP contribution in [0.4, 0.5) is 0 Å². The fraction of sp³-hybridized carbons (Fsp3) is 0.130.